The molecule has 2 aromatic carbocycles. The van der Waals surface area contributed by atoms with Gasteiger partial charge in [-0.1, -0.05) is 18.2 Å². The molecule has 0 bridgehead atoms. The molecule has 0 heterocycles. The Morgan fingerprint density at radius 2 is 1.68 bits per heavy atom. The Morgan fingerprint density at radius 3 is 2.28 bits per heavy atom. The molecule has 2 unspecified atom stereocenters. The molecule has 1 aliphatic rings. The molecule has 1 saturated carbocycles. The van der Waals surface area contributed by atoms with E-state index in [-0.39, 0.29) is 17.5 Å². The second kappa shape index (κ2) is 7.27. The van der Waals surface area contributed by atoms with Crippen molar-refractivity contribution in [1.29, 1.82) is 0 Å². The zero-order valence-electron chi connectivity index (χ0n) is 13.7. The third-order valence-corrected chi connectivity index (χ3v) is 4.23. The number of hydrogen-bond acceptors (Lipinski definition) is 2. The molecule has 25 heavy (non-hydrogen) atoms. The lowest BCUT2D eigenvalue weighted by molar-refractivity contribution is -0.123. The van der Waals surface area contributed by atoms with Gasteiger partial charge in [0.1, 0.15) is 23.5 Å². The highest BCUT2D eigenvalue weighted by Gasteiger charge is 2.29. The molecule has 2 N–H and O–H groups in total. The van der Waals surface area contributed by atoms with Crippen LogP contribution in [0, 0.1) is 17.5 Å². The van der Waals surface area contributed by atoms with Crippen LogP contribution in [0.25, 0.3) is 0 Å². The summed E-state index contributed by atoms with van der Waals surface area (Å²) in [4.78, 5) is 12.6. The lowest BCUT2D eigenvalue weighted by Crippen LogP contribution is -2.39. The fourth-order valence-electron chi connectivity index (χ4n) is 2.68. The highest BCUT2D eigenvalue weighted by atomic mass is 19.1. The first-order valence-corrected chi connectivity index (χ1v) is 8.21. The smallest absolute Gasteiger partial charge is 0.241 e. The SMILES string of the molecule is CC(NC(C(=O)NC1CC1)c1ccc(F)cc1)c1ccc(F)cc1F. The van der Waals surface area contributed by atoms with Gasteiger partial charge < -0.3 is 5.32 Å². The van der Waals surface area contributed by atoms with Crippen molar-refractivity contribution in [3.05, 3.63) is 71.0 Å². The van der Waals surface area contributed by atoms with E-state index >= 15 is 0 Å². The van der Waals surface area contributed by atoms with Gasteiger partial charge in [-0.05, 0) is 43.5 Å². The zero-order chi connectivity index (χ0) is 18.0. The van der Waals surface area contributed by atoms with E-state index in [2.05, 4.69) is 10.6 Å². The summed E-state index contributed by atoms with van der Waals surface area (Å²) in [5.74, 6) is -1.98. The van der Waals surface area contributed by atoms with Gasteiger partial charge in [0.25, 0.3) is 0 Å². The van der Waals surface area contributed by atoms with Crippen LogP contribution in [0.3, 0.4) is 0 Å². The Labute approximate surface area is 144 Å². The van der Waals surface area contributed by atoms with Crippen molar-refractivity contribution in [1.82, 2.24) is 10.6 Å². The van der Waals surface area contributed by atoms with Crippen molar-refractivity contribution < 1.29 is 18.0 Å². The third kappa shape index (κ3) is 4.39. The molecular formula is C19H19F3N2O. The van der Waals surface area contributed by atoms with Gasteiger partial charge >= 0.3 is 0 Å². The maximum atomic E-state index is 14.0. The number of benzene rings is 2. The van der Waals surface area contributed by atoms with Gasteiger partial charge in [0, 0.05) is 23.7 Å². The number of rotatable bonds is 6. The average Bonchev–Trinajstić information content (AvgIpc) is 3.37. The van der Waals surface area contributed by atoms with Crippen LogP contribution in [0.4, 0.5) is 13.2 Å². The molecule has 6 heteroatoms. The summed E-state index contributed by atoms with van der Waals surface area (Å²) >= 11 is 0. The van der Waals surface area contributed by atoms with Crippen molar-refractivity contribution >= 4 is 5.91 Å². The van der Waals surface area contributed by atoms with Crippen LogP contribution >= 0.6 is 0 Å². The molecule has 132 valence electrons. The van der Waals surface area contributed by atoms with Crippen LogP contribution < -0.4 is 10.6 Å². The largest absolute Gasteiger partial charge is 0.352 e. The topological polar surface area (TPSA) is 41.1 Å². The first-order valence-electron chi connectivity index (χ1n) is 8.21. The number of hydrogen-bond donors (Lipinski definition) is 2. The number of carbonyl (C=O) groups is 1. The lowest BCUT2D eigenvalue weighted by Gasteiger charge is -2.24. The van der Waals surface area contributed by atoms with Crippen molar-refractivity contribution in [3.8, 4) is 0 Å². The maximum Gasteiger partial charge on any atom is 0.241 e. The van der Waals surface area contributed by atoms with Crippen LogP contribution in [-0.2, 0) is 4.79 Å². The van der Waals surface area contributed by atoms with E-state index in [4.69, 9.17) is 0 Å². The van der Waals surface area contributed by atoms with Gasteiger partial charge in [-0.25, -0.2) is 13.2 Å². The highest BCUT2D eigenvalue weighted by molar-refractivity contribution is 5.83. The van der Waals surface area contributed by atoms with Crippen molar-refractivity contribution in [2.75, 3.05) is 0 Å². The second-order valence-corrected chi connectivity index (χ2v) is 6.32. The van der Waals surface area contributed by atoms with Crippen molar-refractivity contribution in [2.24, 2.45) is 0 Å². The van der Waals surface area contributed by atoms with Gasteiger partial charge in [-0.2, -0.15) is 0 Å². The van der Waals surface area contributed by atoms with Gasteiger partial charge in [0.15, 0.2) is 0 Å². The summed E-state index contributed by atoms with van der Waals surface area (Å²) in [6.07, 6.45) is 1.87. The standard InChI is InChI=1S/C19H19F3N2O/c1-11(16-9-6-14(21)10-17(16)22)23-18(19(25)24-15-7-8-15)12-2-4-13(20)5-3-12/h2-6,9-11,15,18,23H,7-8H2,1H3,(H,24,25). The Morgan fingerprint density at radius 1 is 1.04 bits per heavy atom. The van der Waals surface area contributed by atoms with Crippen molar-refractivity contribution in [2.45, 2.75) is 37.9 Å². The van der Waals surface area contributed by atoms with Gasteiger partial charge in [0.05, 0.1) is 0 Å². The van der Waals surface area contributed by atoms with Gasteiger partial charge in [-0.3, -0.25) is 10.1 Å². The van der Waals surface area contributed by atoms with Crippen molar-refractivity contribution in [3.63, 3.8) is 0 Å². The lowest BCUT2D eigenvalue weighted by atomic mass is 10.0. The Hall–Kier alpha value is -2.34. The van der Waals surface area contributed by atoms with E-state index in [1.807, 2.05) is 0 Å². The third-order valence-electron chi connectivity index (χ3n) is 4.23. The quantitative estimate of drug-likeness (QED) is 0.834. The Balaban J connectivity index is 1.82. The molecule has 0 aromatic heterocycles. The van der Waals surface area contributed by atoms with Crippen LogP contribution in [0.1, 0.15) is 43.0 Å². The molecule has 1 amide bonds. The van der Waals surface area contributed by atoms with E-state index in [0.717, 1.165) is 18.9 Å². The normalized spacial score (nSPS) is 16.3. The summed E-state index contributed by atoms with van der Waals surface area (Å²) in [7, 11) is 0. The maximum absolute atomic E-state index is 14.0. The molecule has 0 aliphatic heterocycles. The second-order valence-electron chi connectivity index (χ2n) is 6.32. The number of amides is 1. The number of halogens is 3. The molecule has 1 aliphatic carbocycles. The Kier molecular flexibility index (Phi) is 5.08. The molecule has 0 spiro atoms. The van der Waals surface area contributed by atoms with E-state index in [1.165, 1.54) is 36.4 Å². The summed E-state index contributed by atoms with van der Waals surface area (Å²) in [6.45, 7) is 1.69. The number of nitrogens with one attached hydrogen (secondary N) is 2. The minimum Gasteiger partial charge on any atom is -0.352 e. The molecule has 2 aromatic rings. The predicted octanol–water partition coefficient (Wildman–Crippen LogP) is 3.77. The number of carbonyl (C=O) groups excluding carboxylic acids is 1. The fraction of sp³-hybridized carbons (Fsp3) is 0.316. The molecule has 3 nitrogen and oxygen atoms in total. The molecular weight excluding hydrogens is 329 g/mol. The van der Waals surface area contributed by atoms with Gasteiger partial charge in [0.2, 0.25) is 5.91 Å². The fourth-order valence-corrected chi connectivity index (χ4v) is 2.68. The summed E-state index contributed by atoms with van der Waals surface area (Å²) in [5.41, 5.74) is 0.835. The minimum absolute atomic E-state index is 0.162. The van der Waals surface area contributed by atoms with Crippen LogP contribution in [0.15, 0.2) is 42.5 Å². The molecule has 2 atom stereocenters. The Bertz CT molecular complexity index is 760. The first-order chi connectivity index (χ1) is 11.9. The van der Waals surface area contributed by atoms with E-state index in [9.17, 15) is 18.0 Å². The average molecular weight is 348 g/mol. The zero-order valence-corrected chi connectivity index (χ0v) is 13.7. The van der Waals surface area contributed by atoms with E-state index in [0.29, 0.717) is 5.56 Å². The van der Waals surface area contributed by atoms with E-state index < -0.39 is 29.5 Å². The summed E-state index contributed by atoms with van der Waals surface area (Å²) < 4.78 is 40.3. The van der Waals surface area contributed by atoms with Crippen LogP contribution in [-0.4, -0.2) is 11.9 Å². The molecule has 3 rings (SSSR count). The monoisotopic (exact) mass is 348 g/mol. The van der Waals surface area contributed by atoms with Gasteiger partial charge in [-0.15, -0.1) is 0 Å². The molecule has 1 fully saturated rings. The molecule has 0 saturated heterocycles. The van der Waals surface area contributed by atoms with Crippen LogP contribution in [0.2, 0.25) is 0 Å². The summed E-state index contributed by atoms with van der Waals surface area (Å²) in [5, 5.41) is 5.96. The van der Waals surface area contributed by atoms with E-state index in [1.54, 1.807) is 6.92 Å². The predicted molar refractivity (Wildman–Crippen MR) is 88.2 cm³/mol. The van der Waals surface area contributed by atoms with Crippen LogP contribution in [0.5, 0.6) is 0 Å². The summed E-state index contributed by atoms with van der Waals surface area (Å²) in [6, 6.07) is 7.79. The highest BCUT2D eigenvalue weighted by Crippen LogP contribution is 2.25. The molecule has 0 radical (unpaired) electrons. The minimum atomic E-state index is -0.763. The first kappa shape index (κ1) is 17.5.